The van der Waals surface area contributed by atoms with Crippen LogP contribution < -0.4 is 22.5 Å². The lowest BCUT2D eigenvalue weighted by atomic mass is 10.1. The van der Waals surface area contributed by atoms with E-state index in [4.69, 9.17) is 28.8 Å². The maximum absolute atomic E-state index is 13.1. The van der Waals surface area contributed by atoms with Crippen molar-refractivity contribution in [2.24, 2.45) is 20.9 Å². The molecule has 3 aromatic carbocycles. The number of carbonyl (C=O) groups is 1. The highest BCUT2D eigenvalue weighted by molar-refractivity contribution is 7.90. The van der Waals surface area contributed by atoms with E-state index in [1.165, 1.54) is 60.7 Å². The Kier molecular flexibility index (Phi) is 8.43. The van der Waals surface area contributed by atoms with E-state index in [1.807, 2.05) is 0 Å². The monoisotopic (exact) mass is 564 g/mol. The lowest BCUT2D eigenvalue weighted by Gasteiger charge is -2.10. The maximum atomic E-state index is 13.1. The Hall–Kier alpha value is -4.36. The Bertz CT molecular complexity index is 1540. The van der Waals surface area contributed by atoms with Gasteiger partial charge in [0, 0.05) is 16.8 Å². The molecule has 38 heavy (non-hydrogen) atoms. The van der Waals surface area contributed by atoms with Gasteiger partial charge in [-0.15, -0.1) is 4.40 Å². The number of anilines is 1. The highest BCUT2D eigenvalue weighted by Crippen LogP contribution is 2.27. The Morgan fingerprint density at radius 2 is 1.50 bits per heavy atom. The molecule has 9 nitrogen and oxygen atoms in total. The van der Waals surface area contributed by atoms with Crippen LogP contribution in [0.15, 0.2) is 98.9 Å². The Balaban J connectivity index is 1.87. The third-order valence-electron chi connectivity index (χ3n) is 4.79. The molecule has 3 aromatic rings. The number of nitrogens with one attached hydrogen (secondary N) is 1. The zero-order valence-electron chi connectivity index (χ0n) is 19.3. The molecule has 0 aliphatic carbocycles. The van der Waals surface area contributed by atoms with Gasteiger partial charge in [-0.2, -0.15) is 21.6 Å². The van der Waals surface area contributed by atoms with Crippen molar-refractivity contribution in [2.45, 2.75) is 11.1 Å². The first-order valence-corrected chi connectivity index (χ1v) is 12.3. The molecule has 14 heteroatoms. The van der Waals surface area contributed by atoms with E-state index in [0.717, 1.165) is 0 Å². The highest BCUT2D eigenvalue weighted by atomic mass is 35.5. The van der Waals surface area contributed by atoms with Gasteiger partial charge in [0.25, 0.3) is 15.9 Å². The zero-order valence-corrected chi connectivity index (χ0v) is 20.8. The van der Waals surface area contributed by atoms with E-state index in [-0.39, 0.29) is 32.4 Å². The third-order valence-corrected chi connectivity index (χ3v) is 6.42. The van der Waals surface area contributed by atoms with Crippen LogP contribution in [0, 0.1) is 0 Å². The summed E-state index contributed by atoms with van der Waals surface area (Å²) in [5.41, 5.74) is 15.5. The number of guanidine groups is 1. The van der Waals surface area contributed by atoms with Gasteiger partial charge in [-0.1, -0.05) is 35.9 Å². The van der Waals surface area contributed by atoms with Crippen LogP contribution in [0.1, 0.15) is 15.9 Å². The highest BCUT2D eigenvalue weighted by Gasteiger charge is 2.31. The van der Waals surface area contributed by atoms with E-state index in [9.17, 15) is 26.4 Å². The van der Waals surface area contributed by atoms with Crippen LogP contribution in [0.25, 0.3) is 0 Å². The number of aliphatic imine (C=N–C) groups is 1. The van der Waals surface area contributed by atoms with Crippen LogP contribution >= 0.6 is 11.6 Å². The number of para-hydroxylation sites is 1. The average Bonchev–Trinajstić information content (AvgIpc) is 2.84. The lowest BCUT2D eigenvalue weighted by Crippen LogP contribution is -2.37. The van der Waals surface area contributed by atoms with E-state index in [0.29, 0.717) is 11.8 Å². The summed E-state index contributed by atoms with van der Waals surface area (Å²) in [5.74, 6) is -1.52. The van der Waals surface area contributed by atoms with Crippen molar-refractivity contribution in [3.05, 3.63) is 101 Å². The zero-order chi connectivity index (χ0) is 28.1. The molecule has 198 valence electrons. The fourth-order valence-electron chi connectivity index (χ4n) is 2.91. The van der Waals surface area contributed by atoms with Crippen LogP contribution in [0.4, 0.5) is 24.5 Å². The number of rotatable bonds is 6. The molecule has 3 rings (SSSR count). The number of carbonyl (C=O) groups excluding carboxylic acids is 1. The number of hydrogen-bond donors (Lipinski definition) is 4. The number of allylic oxidation sites excluding steroid dienone is 2. The van der Waals surface area contributed by atoms with Gasteiger partial charge in [0.05, 0.1) is 21.3 Å². The molecular formula is C24H20ClF3N6O3S. The van der Waals surface area contributed by atoms with Gasteiger partial charge in [-0.05, 0) is 54.6 Å². The normalized spacial score (nSPS) is 13.3. The van der Waals surface area contributed by atoms with Gasteiger partial charge < -0.3 is 17.2 Å². The predicted molar refractivity (Wildman–Crippen MR) is 140 cm³/mol. The summed E-state index contributed by atoms with van der Waals surface area (Å²) in [6.45, 7) is 0. The quantitative estimate of drug-likeness (QED) is 0.201. The first kappa shape index (κ1) is 28.2. The molecule has 0 fully saturated rings. The number of alkyl halides is 3. The summed E-state index contributed by atoms with van der Waals surface area (Å²) in [4.78, 5) is 16.5. The minimum atomic E-state index is -4.80. The number of amides is 1. The standard InChI is InChI=1S/C24H20ClF3N6O3S/c25-18-3-1-2-4-19(18)32-20(13-21(30)24(26,27)28)14-5-7-15(8-6-14)22(35)33-23(31)34-38(36,37)17-11-9-16(29)10-12-17/h1-13H,29-30H2,(H3,31,33,34,35)/b21-13-,32-20?. The minimum Gasteiger partial charge on any atom is -0.399 e. The summed E-state index contributed by atoms with van der Waals surface area (Å²) in [6, 6.07) is 16.6. The van der Waals surface area contributed by atoms with Crippen LogP contribution in [-0.2, 0) is 10.0 Å². The molecule has 7 N–H and O–H groups in total. The number of halogens is 4. The van der Waals surface area contributed by atoms with E-state index >= 15 is 0 Å². The number of benzene rings is 3. The molecule has 0 atom stereocenters. The first-order valence-electron chi connectivity index (χ1n) is 10.5. The molecule has 0 saturated carbocycles. The Labute approximate surface area is 220 Å². The van der Waals surface area contributed by atoms with Crippen molar-refractivity contribution in [1.82, 2.24) is 5.32 Å². The summed E-state index contributed by atoms with van der Waals surface area (Å²) < 4.78 is 67.3. The average molecular weight is 565 g/mol. The first-order chi connectivity index (χ1) is 17.8. The van der Waals surface area contributed by atoms with Crippen molar-refractivity contribution >= 4 is 50.6 Å². The van der Waals surface area contributed by atoms with Crippen molar-refractivity contribution < 1.29 is 26.4 Å². The molecule has 1 amide bonds. The van der Waals surface area contributed by atoms with Gasteiger partial charge in [0.15, 0.2) is 0 Å². The maximum Gasteiger partial charge on any atom is 0.430 e. The SMILES string of the molecule is N/C(=C\C(=Nc1ccccc1Cl)c1ccc(C(=O)N/C(N)=N/S(=O)(=O)c2ccc(N)cc2)cc1)C(F)(F)F. The number of nitrogen functional groups attached to an aromatic ring is 1. The molecule has 0 aromatic heterocycles. The van der Waals surface area contributed by atoms with Crippen molar-refractivity contribution in [3.63, 3.8) is 0 Å². The second-order valence-corrected chi connectivity index (χ2v) is 9.61. The fraction of sp³-hybridized carbons (Fsp3) is 0.0417. The van der Waals surface area contributed by atoms with Crippen LogP contribution in [0.5, 0.6) is 0 Å². The summed E-state index contributed by atoms with van der Waals surface area (Å²) in [7, 11) is -4.22. The Morgan fingerprint density at radius 1 is 0.921 bits per heavy atom. The number of sulfonamides is 1. The third kappa shape index (κ3) is 7.33. The molecule has 0 bridgehead atoms. The molecule has 0 aliphatic rings. The molecule has 0 spiro atoms. The molecule has 0 radical (unpaired) electrons. The summed E-state index contributed by atoms with van der Waals surface area (Å²) in [5, 5.41) is 2.34. The van der Waals surface area contributed by atoms with Crippen molar-refractivity contribution in [1.29, 1.82) is 0 Å². The van der Waals surface area contributed by atoms with Crippen molar-refractivity contribution in [3.8, 4) is 0 Å². The Morgan fingerprint density at radius 3 is 2.08 bits per heavy atom. The molecule has 0 unspecified atom stereocenters. The fourth-order valence-corrected chi connectivity index (χ4v) is 3.98. The second kappa shape index (κ2) is 11.4. The summed E-state index contributed by atoms with van der Waals surface area (Å²) in [6.07, 6.45) is -4.16. The number of hydrogen-bond acceptors (Lipinski definition) is 6. The number of nitrogens with two attached hydrogens (primary N) is 3. The van der Waals surface area contributed by atoms with E-state index in [1.54, 1.807) is 12.1 Å². The van der Waals surface area contributed by atoms with Gasteiger partial charge in [-0.3, -0.25) is 10.1 Å². The van der Waals surface area contributed by atoms with Crippen molar-refractivity contribution in [2.75, 3.05) is 5.73 Å². The van der Waals surface area contributed by atoms with Gasteiger partial charge in [-0.25, -0.2) is 4.99 Å². The van der Waals surface area contributed by atoms with Crippen LogP contribution in [0.2, 0.25) is 5.02 Å². The topological polar surface area (TPSA) is 166 Å². The minimum absolute atomic E-state index is 0.00153. The molecule has 0 aliphatic heterocycles. The number of nitrogens with zero attached hydrogens (tertiary/aromatic N) is 2. The largest absolute Gasteiger partial charge is 0.430 e. The predicted octanol–water partition coefficient (Wildman–Crippen LogP) is 3.88. The summed E-state index contributed by atoms with van der Waals surface area (Å²) >= 11 is 6.08. The van der Waals surface area contributed by atoms with Crippen LogP contribution in [0.3, 0.4) is 0 Å². The molecule has 0 heterocycles. The lowest BCUT2D eigenvalue weighted by molar-refractivity contribution is -0.0925. The van der Waals surface area contributed by atoms with Gasteiger partial charge in [0.2, 0.25) is 5.96 Å². The second-order valence-electron chi connectivity index (χ2n) is 7.60. The smallest absolute Gasteiger partial charge is 0.399 e. The van der Waals surface area contributed by atoms with Gasteiger partial charge in [0.1, 0.15) is 5.70 Å². The molecular weight excluding hydrogens is 545 g/mol. The molecule has 0 saturated heterocycles. The van der Waals surface area contributed by atoms with Crippen LogP contribution in [-0.4, -0.2) is 32.2 Å². The van der Waals surface area contributed by atoms with Gasteiger partial charge >= 0.3 is 6.18 Å². The van der Waals surface area contributed by atoms with E-state index in [2.05, 4.69) is 14.7 Å². The van der Waals surface area contributed by atoms with E-state index < -0.39 is 33.8 Å².